The van der Waals surface area contributed by atoms with E-state index in [1.165, 1.54) is 11.3 Å². The molecule has 0 aliphatic carbocycles. The van der Waals surface area contributed by atoms with Gasteiger partial charge in [0, 0.05) is 10.9 Å². The van der Waals surface area contributed by atoms with Crippen LogP contribution in [-0.4, -0.2) is 48.6 Å². The molecule has 0 unspecified atom stereocenters. The van der Waals surface area contributed by atoms with Gasteiger partial charge in [-0.3, -0.25) is 14.4 Å². The van der Waals surface area contributed by atoms with E-state index in [0.717, 1.165) is 10.5 Å². The van der Waals surface area contributed by atoms with Crippen molar-refractivity contribution in [3.8, 4) is 22.1 Å². The zero-order valence-electron chi connectivity index (χ0n) is 16.8. The second-order valence-corrected chi connectivity index (χ2v) is 7.48. The summed E-state index contributed by atoms with van der Waals surface area (Å²) < 4.78 is 15.7. The second kappa shape index (κ2) is 8.57. The van der Waals surface area contributed by atoms with E-state index >= 15 is 0 Å². The Morgan fingerprint density at radius 3 is 2.32 bits per heavy atom. The first-order valence-electron chi connectivity index (χ1n) is 9.29. The molecule has 2 aromatic carbocycles. The van der Waals surface area contributed by atoms with Crippen LogP contribution in [-0.2, 0) is 16.0 Å². The van der Waals surface area contributed by atoms with Crippen LogP contribution in [0.5, 0.6) is 11.5 Å². The third-order valence-electron chi connectivity index (χ3n) is 4.74. The van der Waals surface area contributed by atoms with Gasteiger partial charge in [-0.2, -0.15) is 0 Å². The molecule has 1 aliphatic heterocycles. The number of esters is 1. The van der Waals surface area contributed by atoms with E-state index in [2.05, 4.69) is 4.98 Å². The summed E-state index contributed by atoms with van der Waals surface area (Å²) in [4.78, 5) is 42.3. The number of hydrogen-bond acceptors (Lipinski definition) is 8. The minimum absolute atomic E-state index is 0.0764. The van der Waals surface area contributed by atoms with Crippen LogP contribution in [0.4, 0.5) is 0 Å². The van der Waals surface area contributed by atoms with Crippen LogP contribution in [0.3, 0.4) is 0 Å². The minimum Gasteiger partial charge on any atom is -0.493 e. The molecule has 0 fully saturated rings. The number of carbonyl (C=O) groups is 3. The number of fused-ring (bicyclic) bond motifs is 1. The molecule has 2 heterocycles. The Balaban J connectivity index is 1.38. The summed E-state index contributed by atoms with van der Waals surface area (Å²) in [5.41, 5.74) is 1.97. The van der Waals surface area contributed by atoms with E-state index < -0.39 is 24.5 Å². The Morgan fingerprint density at radius 2 is 1.68 bits per heavy atom. The molecule has 3 aromatic rings. The molecule has 158 valence electrons. The monoisotopic (exact) mass is 438 g/mol. The van der Waals surface area contributed by atoms with Crippen molar-refractivity contribution in [3.05, 3.63) is 64.7 Å². The maximum absolute atomic E-state index is 12.3. The first-order chi connectivity index (χ1) is 15.0. The van der Waals surface area contributed by atoms with Gasteiger partial charge in [0.2, 0.25) is 0 Å². The van der Waals surface area contributed by atoms with E-state index in [0.29, 0.717) is 33.3 Å². The lowest BCUT2D eigenvalue weighted by atomic mass is 10.1. The molecule has 8 nitrogen and oxygen atoms in total. The van der Waals surface area contributed by atoms with Gasteiger partial charge >= 0.3 is 5.97 Å². The molecule has 0 saturated heterocycles. The molecule has 0 atom stereocenters. The summed E-state index contributed by atoms with van der Waals surface area (Å²) in [7, 11) is 3.12. The van der Waals surface area contributed by atoms with Crippen LogP contribution in [0.2, 0.25) is 0 Å². The molecule has 9 heteroatoms. The van der Waals surface area contributed by atoms with Crippen LogP contribution in [0.15, 0.2) is 47.8 Å². The number of carbonyl (C=O) groups excluding carboxylic acids is 3. The first-order valence-corrected chi connectivity index (χ1v) is 10.2. The number of aromatic nitrogens is 1. The standard InChI is InChI=1S/C22H18N2O6S/c1-28-17-8-7-13(9-18(17)29-2)20-23-14(11-31-20)10-19(25)30-12-24-21(26)15-5-3-4-6-16(15)22(24)27/h3-9,11H,10,12H2,1-2H3. The fourth-order valence-corrected chi connectivity index (χ4v) is 4.00. The molecule has 2 amide bonds. The molecule has 0 saturated carbocycles. The second-order valence-electron chi connectivity index (χ2n) is 6.62. The highest BCUT2D eigenvalue weighted by Crippen LogP contribution is 2.33. The SMILES string of the molecule is COc1ccc(-c2nc(CC(=O)OCN3C(=O)c4ccccc4C3=O)cs2)cc1OC. The number of imide groups is 1. The summed E-state index contributed by atoms with van der Waals surface area (Å²) >= 11 is 1.38. The molecule has 4 rings (SSSR count). The summed E-state index contributed by atoms with van der Waals surface area (Å²) in [6.07, 6.45) is -0.0764. The van der Waals surface area contributed by atoms with E-state index in [1.54, 1.807) is 49.9 Å². The highest BCUT2D eigenvalue weighted by molar-refractivity contribution is 7.13. The van der Waals surface area contributed by atoms with Gasteiger partial charge in [-0.25, -0.2) is 9.88 Å². The van der Waals surface area contributed by atoms with Gasteiger partial charge in [-0.15, -0.1) is 11.3 Å². The number of amides is 2. The number of ether oxygens (including phenoxy) is 3. The fraction of sp³-hybridized carbons (Fsp3) is 0.182. The molecular formula is C22H18N2O6S. The summed E-state index contributed by atoms with van der Waals surface area (Å²) in [5, 5.41) is 2.47. The first kappa shape index (κ1) is 20.5. The Kier molecular flexibility index (Phi) is 5.68. The third-order valence-corrected chi connectivity index (χ3v) is 5.68. The molecule has 1 aliphatic rings. The van der Waals surface area contributed by atoms with Crippen molar-refractivity contribution in [2.75, 3.05) is 21.0 Å². The lowest BCUT2D eigenvalue weighted by molar-refractivity contribution is -0.145. The molecule has 1 aromatic heterocycles. The molecular weight excluding hydrogens is 420 g/mol. The van der Waals surface area contributed by atoms with Crippen molar-refractivity contribution in [2.45, 2.75) is 6.42 Å². The lowest BCUT2D eigenvalue weighted by Gasteiger charge is -2.13. The molecule has 31 heavy (non-hydrogen) atoms. The van der Waals surface area contributed by atoms with Gasteiger partial charge in [0.05, 0.1) is 37.5 Å². The minimum atomic E-state index is -0.583. The normalized spacial score (nSPS) is 12.6. The van der Waals surface area contributed by atoms with Crippen LogP contribution < -0.4 is 9.47 Å². The highest BCUT2D eigenvalue weighted by Gasteiger charge is 2.35. The Morgan fingerprint density at radius 1 is 1.00 bits per heavy atom. The smallest absolute Gasteiger partial charge is 0.313 e. The van der Waals surface area contributed by atoms with Gasteiger partial charge in [-0.05, 0) is 30.3 Å². The van der Waals surface area contributed by atoms with E-state index in [1.807, 2.05) is 12.1 Å². The maximum atomic E-state index is 12.3. The summed E-state index contributed by atoms with van der Waals surface area (Å²) in [5.74, 6) is -0.340. The van der Waals surface area contributed by atoms with Crippen molar-refractivity contribution in [2.24, 2.45) is 0 Å². The van der Waals surface area contributed by atoms with Crippen molar-refractivity contribution >= 4 is 29.1 Å². The van der Waals surface area contributed by atoms with Gasteiger partial charge in [0.25, 0.3) is 11.8 Å². The van der Waals surface area contributed by atoms with Crippen molar-refractivity contribution in [1.29, 1.82) is 0 Å². The molecule has 0 N–H and O–H groups in total. The maximum Gasteiger partial charge on any atom is 0.313 e. The predicted molar refractivity (Wildman–Crippen MR) is 112 cm³/mol. The predicted octanol–water partition coefficient (Wildman–Crippen LogP) is 3.17. The number of hydrogen-bond donors (Lipinski definition) is 0. The van der Waals surface area contributed by atoms with E-state index in [9.17, 15) is 14.4 Å². The number of nitrogens with zero attached hydrogens (tertiary/aromatic N) is 2. The molecule has 0 spiro atoms. The van der Waals surface area contributed by atoms with Crippen LogP contribution in [0.25, 0.3) is 10.6 Å². The van der Waals surface area contributed by atoms with E-state index in [-0.39, 0.29) is 6.42 Å². The highest BCUT2D eigenvalue weighted by atomic mass is 32.1. The fourth-order valence-electron chi connectivity index (χ4n) is 3.18. The van der Waals surface area contributed by atoms with E-state index in [4.69, 9.17) is 14.2 Å². The van der Waals surface area contributed by atoms with Crippen LogP contribution >= 0.6 is 11.3 Å². The number of thiazole rings is 1. The lowest BCUT2D eigenvalue weighted by Crippen LogP contribution is -2.33. The topological polar surface area (TPSA) is 95.0 Å². The largest absolute Gasteiger partial charge is 0.493 e. The average Bonchev–Trinajstić information content (AvgIpc) is 3.35. The quantitative estimate of drug-likeness (QED) is 0.413. The van der Waals surface area contributed by atoms with Crippen molar-refractivity contribution in [3.63, 3.8) is 0 Å². The number of methoxy groups -OCH3 is 2. The zero-order valence-corrected chi connectivity index (χ0v) is 17.6. The van der Waals surface area contributed by atoms with Crippen molar-refractivity contribution < 1.29 is 28.6 Å². The van der Waals surface area contributed by atoms with Crippen LogP contribution in [0.1, 0.15) is 26.4 Å². The number of rotatable bonds is 7. The Labute approximate surface area is 182 Å². The Hall–Kier alpha value is -3.72. The molecule has 0 radical (unpaired) electrons. The Bertz CT molecular complexity index is 1140. The van der Waals surface area contributed by atoms with Gasteiger partial charge in [-0.1, -0.05) is 12.1 Å². The van der Waals surface area contributed by atoms with Crippen molar-refractivity contribution in [1.82, 2.24) is 9.88 Å². The van der Waals surface area contributed by atoms with Gasteiger partial charge < -0.3 is 14.2 Å². The summed E-state index contributed by atoms with van der Waals surface area (Å²) in [6.45, 7) is -0.433. The van der Waals surface area contributed by atoms with Gasteiger partial charge in [0.15, 0.2) is 18.2 Å². The third kappa shape index (κ3) is 3.99. The van der Waals surface area contributed by atoms with Gasteiger partial charge in [0.1, 0.15) is 5.01 Å². The molecule has 0 bridgehead atoms. The zero-order chi connectivity index (χ0) is 22.0. The number of benzene rings is 2. The summed E-state index contributed by atoms with van der Waals surface area (Å²) in [6, 6.07) is 11.9. The van der Waals surface area contributed by atoms with Crippen LogP contribution in [0, 0.1) is 0 Å². The average molecular weight is 438 g/mol.